The number of aryl methyl sites for hydroxylation is 1. The SMILES string of the molecule is CCOc1ccc(C(=O)CCN)c(C)c1. The van der Waals surface area contributed by atoms with Gasteiger partial charge < -0.3 is 10.5 Å². The lowest BCUT2D eigenvalue weighted by atomic mass is 10.0. The highest BCUT2D eigenvalue weighted by Gasteiger charge is 2.08. The van der Waals surface area contributed by atoms with Crippen LogP contribution in [0.5, 0.6) is 5.75 Å². The Balaban J connectivity index is 2.87. The van der Waals surface area contributed by atoms with Gasteiger partial charge in [0.05, 0.1) is 6.61 Å². The number of carbonyl (C=O) groups is 1. The van der Waals surface area contributed by atoms with Crippen LogP contribution < -0.4 is 10.5 Å². The first-order valence-electron chi connectivity index (χ1n) is 5.15. The van der Waals surface area contributed by atoms with Crippen molar-refractivity contribution in [2.45, 2.75) is 20.3 Å². The maximum Gasteiger partial charge on any atom is 0.164 e. The van der Waals surface area contributed by atoms with Crippen molar-refractivity contribution in [2.75, 3.05) is 13.2 Å². The lowest BCUT2D eigenvalue weighted by molar-refractivity contribution is 0.0985. The van der Waals surface area contributed by atoms with Crippen LogP contribution in [-0.2, 0) is 0 Å². The van der Waals surface area contributed by atoms with E-state index in [1.54, 1.807) is 6.07 Å². The van der Waals surface area contributed by atoms with Crippen molar-refractivity contribution in [3.05, 3.63) is 29.3 Å². The van der Waals surface area contributed by atoms with Crippen LogP contribution in [0.15, 0.2) is 18.2 Å². The summed E-state index contributed by atoms with van der Waals surface area (Å²) in [5.41, 5.74) is 7.03. The predicted octanol–water partition coefficient (Wildman–Crippen LogP) is 1.93. The molecule has 0 spiro atoms. The molecule has 0 bridgehead atoms. The molecule has 1 aromatic carbocycles. The van der Waals surface area contributed by atoms with Crippen molar-refractivity contribution in [2.24, 2.45) is 5.73 Å². The van der Waals surface area contributed by atoms with E-state index >= 15 is 0 Å². The Kier molecular flexibility index (Phi) is 4.31. The first kappa shape index (κ1) is 11.7. The average Bonchev–Trinajstić information content (AvgIpc) is 2.18. The molecule has 82 valence electrons. The Morgan fingerprint density at radius 2 is 2.20 bits per heavy atom. The summed E-state index contributed by atoms with van der Waals surface area (Å²) in [7, 11) is 0. The molecule has 0 aliphatic heterocycles. The van der Waals surface area contributed by atoms with E-state index in [1.165, 1.54) is 0 Å². The first-order chi connectivity index (χ1) is 7.19. The molecule has 0 atom stereocenters. The van der Waals surface area contributed by atoms with Crippen molar-refractivity contribution in [3.63, 3.8) is 0 Å². The highest BCUT2D eigenvalue weighted by atomic mass is 16.5. The Hall–Kier alpha value is -1.35. The first-order valence-corrected chi connectivity index (χ1v) is 5.15. The van der Waals surface area contributed by atoms with Crippen LogP contribution in [0, 0.1) is 6.92 Å². The van der Waals surface area contributed by atoms with Crippen LogP contribution >= 0.6 is 0 Å². The molecule has 0 aliphatic carbocycles. The maximum atomic E-state index is 11.6. The number of benzene rings is 1. The van der Waals surface area contributed by atoms with E-state index in [2.05, 4.69) is 0 Å². The van der Waals surface area contributed by atoms with Gasteiger partial charge in [-0.05, 0) is 44.2 Å². The van der Waals surface area contributed by atoms with Crippen LogP contribution in [0.2, 0.25) is 0 Å². The number of hydrogen-bond donors (Lipinski definition) is 1. The van der Waals surface area contributed by atoms with Crippen molar-refractivity contribution < 1.29 is 9.53 Å². The molecular weight excluding hydrogens is 190 g/mol. The fourth-order valence-corrected chi connectivity index (χ4v) is 1.47. The number of ketones is 1. The molecule has 0 radical (unpaired) electrons. The molecule has 0 unspecified atom stereocenters. The van der Waals surface area contributed by atoms with Crippen molar-refractivity contribution >= 4 is 5.78 Å². The van der Waals surface area contributed by atoms with Gasteiger partial charge in [0.2, 0.25) is 0 Å². The van der Waals surface area contributed by atoms with E-state index in [4.69, 9.17) is 10.5 Å². The number of nitrogens with two attached hydrogens (primary N) is 1. The number of carbonyl (C=O) groups excluding carboxylic acids is 1. The fourth-order valence-electron chi connectivity index (χ4n) is 1.47. The van der Waals surface area contributed by atoms with Gasteiger partial charge in [-0.3, -0.25) is 4.79 Å². The number of Topliss-reactive ketones (excluding diaryl/α,β-unsaturated/α-hetero) is 1. The van der Waals surface area contributed by atoms with Crippen LogP contribution in [0.25, 0.3) is 0 Å². The van der Waals surface area contributed by atoms with Gasteiger partial charge in [0, 0.05) is 12.0 Å². The normalized spacial score (nSPS) is 10.1. The molecule has 0 amide bonds. The van der Waals surface area contributed by atoms with Gasteiger partial charge in [-0.2, -0.15) is 0 Å². The maximum absolute atomic E-state index is 11.6. The van der Waals surface area contributed by atoms with Crippen molar-refractivity contribution in [1.82, 2.24) is 0 Å². The third-order valence-electron chi connectivity index (χ3n) is 2.18. The molecule has 15 heavy (non-hydrogen) atoms. The van der Waals surface area contributed by atoms with Gasteiger partial charge in [-0.15, -0.1) is 0 Å². The number of hydrogen-bond acceptors (Lipinski definition) is 3. The molecule has 1 rings (SSSR count). The second-order valence-electron chi connectivity index (χ2n) is 3.37. The average molecular weight is 207 g/mol. The number of rotatable bonds is 5. The summed E-state index contributed by atoms with van der Waals surface area (Å²) < 4.78 is 5.35. The van der Waals surface area contributed by atoms with Crippen LogP contribution in [0.1, 0.15) is 29.3 Å². The molecule has 0 aliphatic rings. The van der Waals surface area contributed by atoms with E-state index in [-0.39, 0.29) is 5.78 Å². The van der Waals surface area contributed by atoms with Crippen LogP contribution in [-0.4, -0.2) is 18.9 Å². The highest BCUT2D eigenvalue weighted by molar-refractivity contribution is 5.97. The van der Waals surface area contributed by atoms with Gasteiger partial charge >= 0.3 is 0 Å². The molecule has 2 N–H and O–H groups in total. The van der Waals surface area contributed by atoms with E-state index in [0.717, 1.165) is 16.9 Å². The van der Waals surface area contributed by atoms with Crippen LogP contribution in [0.3, 0.4) is 0 Å². The molecule has 1 aromatic rings. The molecule has 0 heterocycles. The van der Waals surface area contributed by atoms with Crippen molar-refractivity contribution in [1.29, 1.82) is 0 Å². The summed E-state index contributed by atoms with van der Waals surface area (Å²) in [6.45, 7) is 4.87. The zero-order valence-electron chi connectivity index (χ0n) is 9.25. The van der Waals surface area contributed by atoms with E-state index < -0.39 is 0 Å². The Bertz CT molecular complexity index is 347. The largest absolute Gasteiger partial charge is 0.494 e. The lowest BCUT2D eigenvalue weighted by Gasteiger charge is -2.07. The zero-order valence-corrected chi connectivity index (χ0v) is 9.25. The Morgan fingerprint density at radius 3 is 2.73 bits per heavy atom. The summed E-state index contributed by atoms with van der Waals surface area (Å²) in [4.78, 5) is 11.6. The summed E-state index contributed by atoms with van der Waals surface area (Å²) >= 11 is 0. The quantitative estimate of drug-likeness (QED) is 0.750. The minimum absolute atomic E-state index is 0.0954. The second kappa shape index (κ2) is 5.51. The monoisotopic (exact) mass is 207 g/mol. The third kappa shape index (κ3) is 3.06. The summed E-state index contributed by atoms with van der Waals surface area (Å²) in [5, 5.41) is 0. The molecule has 0 saturated heterocycles. The van der Waals surface area contributed by atoms with Gasteiger partial charge in [0.25, 0.3) is 0 Å². The van der Waals surface area contributed by atoms with Gasteiger partial charge in [-0.1, -0.05) is 0 Å². The van der Waals surface area contributed by atoms with E-state index in [0.29, 0.717) is 19.6 Å². The van der Waals surface area contributed by atoms with Gasteiger partial charge in [0.15, 0.2) is 5.78 Å². The molecule has 3 heteroatoms. The third-order valence-corrected chi connectivity index (χ3v) is 2.18. The van der Waals surface area contributed by atoms with E-state index in [9.17, 15) is 4.79 Å². The number of ether oxygens (including phenoxy) is 1. The summed E-state index contributed by atoms with van der Waals surface area (Å²) in [5.74, 6) is 0.900. The second-order valence-corrected chi connectivity index (χ2v) is 3.37. The smallest absolute Gasteiger partial charge is 0.164 e. The predicted molar refractivity (Wildman–Crippen MR) is 60.3 cm³/mol. The fraction of sp³-hybridized carbons (Fsp3) is 0.417. The molecular formula is C12H17NO2. The van der Waals surface area contributed by atoms with Crippen LogP contribution in [0.4, 0.5) is 0 Å². The molecule has 0 saturated carbocycles. The Morgan fingerprint density at radius 1 is 1.47 bits per heavy atom. The summed E-state index contributed by atoms with van der Waals surface area (Å²) in [6, 6.07) is 5.51. The molecule has 0 fully saturated rings. The van der Waals surface area contributed by atoms with E-state index in [1.807, 2.05) is 26.0 Å². The van der Waals surface area contributed by atoms with Gasteiger partial charge in [-0.25, -0.2) is 0 Å². The van der Waals surface area contributed by atoms with Gasteiger partial charge in [0.1, 0.15) is 5.75 Å². The lowest BCUT2D eigenvalue weighted by Crippen LogP contribution is -2.09. The minimum Gasteiger partial charge on any atom is -0.494 e. The zero-order chi connectivity index (χ0) is 11.3. The minimum atomic E-state index is 0.0954. The topological polar surface area (TPSA) is 52.3 Å². The standard InChI is InChI=1S/C12H17NO2/c1-3-15-10-4-5-11(9(2)8-10)12(14)6-7-13/h4-5,8H,3,6-7,13H2,1-2H3. The van der Waals surface area contributed by atoms with Crippen molar-refractivity contribution in [3.8, 4) is 5.75 Å². The molecule has 3 nitrogen and oxygen atoms in total. The summed E-state index contributed by atoms with van der Waals surface area (Å²) in [6.07, 6.45) is 0.398. The molecule has 0 aromatic heterocycles. The highest BCUT2D eigenvalue weighted by Crippen LogP contribution is 2.18. The Labute approximate surface area is 90.2 Å².